The minimum Gasteiger partial charge on any atom is -0.499 e. The monoisotopic (exact) mass is 1450 g/mol. The summed E-state index contributed by atoms with van der Waals surface area (Å²) in [5.41, 5.74) is 0. The van der Waals surface area contributed by atoms with Crippen molar-refractivity contribution in [1.82, 2.24) is 0 Å². The number of ether oxygens (including phenoxy) is 16. The van der Waals surface area contributed by atoms with Crippen LogP contribution in [-0.2, 0) is 125 Å². The molecule has 6 heterocycles. The van der Waals surface area contributed by atoms with E-state index in [2.05, 4.69) is 0 Å². The first-order valence-corrected chi connectivity index (χ1v) is 47.3. The SMILES string of the molecule is C/C=C/OCCOCC[Si]12O[Si]3(CCOCCO/C=C/C)O[Si]4(CCOCCO/C=C/C)O[Si](CCOCCO/C=C/C)(O1)O[Si]1(CCOCCO/C=C/C)O[Si](CCOCCO/C=C/C)(O2)O[Si](CCOCCO/C=C/C)(O3)O[Si](CCOCCO/C=C/C)(O4)O1. The standard InChI is InChI=1S/C56H104O28Si8/c1-9-17-57-25-33-65-41-49-85-73-86(50-42-66-34-26-58-18-10-2)76-89(53-45-69-37-29-61-21-13-5)78-87(74-85,51-43-67-35-27-59-19-11-3)80-91(55-47-71-39-31-63-23-15-7)81-88(75-85,52-44-68-36-28-60-20-12-4)79-90(77-86,54-46-70-38-30-62-22-14-6)83-92(82-89,84-91)56-48-72-40-32-64-24-16-8/h9-24H,25-56H2,1-8H3/b17-9+,18-10+,19-11+,20-12+,21-13+,22-14+,23-15+,24-16+. The van der Waals surface area contributed by atoms with Gasteiger partial charge in [0.25, 0.3) is 0 Å². The first-order chi connectivity index (χ1) is 45.0. The maximum absolute atomic E-state index is 7.90. The predicted molar refractivity (Wildman–Crippen MR) is 350 cm³/mol. The third kappa shape index (κ3) is 29.1. The molecule has 0 saturated carbocycles. The van der Waals surface area contributed by atoms with Gasteiger partial charge in [-0.2, -0.15) is 0 Å². The molecule has 28 nitrogen and oxygen atoms in total. The van der Waals surface area contributed by atoms with Gasteiger partial charge in [0.2, 0.25) is 0 Å². The highest BCUT2D eigenvalue weighted by Crippen LogP contribution is 2.53. The quantitative estimate of drug-likeness (QED) is 0.0315. The lowest BCUT2D eigenvalue weighted by molar-refractivity contribution is -0.0415. The molecule has 0 amide bonds. The number of hydrogen-bond donors (Lipinski definition) is 0. The Bertz CT molecular complexity index is 1690. The molecule has 6 fully saturated rings. The van der Waals surface area contributed by atoms with Gasteiger partial charge in [-0.05, 0) is 55.4 Å². The van der Waals surface area contributed by atoms with Crippen molar-refractivity contribution in [2.24, 2.45) is 0 Å². The minimum atomic E-state index is -4.63. The van der Waals surface area contributed by atoms with Crippen LogP contribution in [0.1, 0.15) is 55.4 Å². The van der Waals surface area contributed by atoms with E-state index in [1.54, 1.807) is 98.7 Å². The number of rotatable bonds is 56. The van der Waals surface area contributed by atoms with Crippen LogP contribution < -0.4 is 0 Å². The molecule has 0 N–H and O–H groups in total. The van der Waals surface area contributed by atoms with Crippen LogP contribution in [-0.4, -0.2) is 229 Å². The van der Waals surface area contributed by atoms with Crippen LogP contribution in [0.25, 0.3) is 0 Å². The fourth-order valence-corrected chi connectivity index (χ4v) is 57.8. The van der Waals surface area contributed by atoms with Crippen molar-refractivity contribution in [3.05, 3.63) is 98.7 Å². The third-order valence-corrected chi connectivity index (χ3v) is 49.2. The molecule has 8 bridgehead atoms. The summed E-state index contributed by atoms with van der Waals surface area (Å²) in [6.07, 6.45) is 27.1. The van der Waals surface area contributed by atoms with Crippen LogP contribution >= 0.6 is 0 Å². The molecule has 0 aliphatic carbocycles. The van der Waals surface area contributed by atoms with E-state index in [1.165, 1.54) is 0 Å². The van der Waals surface area contributed by atoms with Crippen LogP contribution in [0.3, 0.4) is 0 Å². The third-order valence-electron chi connectivity index (χ3n) is 12.8. The fraction of sp³-hybridized carbons (Fsp3) is 0.714. The van der Waals surface area contributed by atoms with Crippen molar-refractivity contribution in [2.75, 3.05) is 159 Å². The first-order valence-electron chi connectivity index (χ1n) is 31.8. The summed E-state index contributed by atoms with van der Waals surface area (Å²) in [5.74, 6) is 0. The Balaban J connectivity index is 1.85. The summed E-state index contributed by atoms with van der Waals surface area (Å²) in [6.45, 7) is 18.6. The molecule has 6 aliphatic rings. The Morgan fingerprint density at radius 1 is 0.163 bits per heavy atom. The molecule has 6 rings (SSSR count). The van der Waals surface area contributed by atoms with Crippen molar-refractivity contribution in [2.45, 2.75) is 104 Å². The molecular formula is C56H104O28Si8. The highest BCUT2D eigenvalue weighted by Gasteiger charge is 2.83. The topological polar surface area (TPSA) is 258 Å². The molecule has 0 aromatic rings. The number of hydrogen-bond acceptors (Lipinski definition) is 28. The van der Waals surface area contributed by atoms with Gasteiger partial charge in [-0.15, -0.1) is 0 Å². The lowest BCUT2D eigenvalue weighted by atomic mass is 10.7. The lowest BCUT2D eigenvalue weighted by Crippen LogP contribution is -2.88. The van der Waals surface area contributed by atoms with Crippen molar-refractivity contribution in [3.63, 3.8) is 0 Å². The zero-order valence-corrected chi connectivity index (χ0v) is 63.3. The van der Waals surface area contributed by atoms with E-state index in [4.69, 9.17) is 125 Å². The van der Waals surface area contributed by atoms with Crippen LogP contribution in [0.15, 0.2) is 98.7 Å². The van der Waals surface area contributed by atoms with Gasteiger partial charge in [0, 0.05) is 48.4 Å². The molecule has 6 saturated heterocycles. The van der Waals surface area contributed by atoms with E-state index >= 15 is 0 Å². The molecule has 0 unspecified atom stereocenters. The van der Waals surface area contributed by atoms with E-state index < -0.39 is 70.4 Å². The Labute approximate surface area is 553 Å². The Kier molecular flexibility index (Phi) is 39.7. The van der Waals surface area contributed by atoms with Gasteiger partial charge in [-0.1, -0.05) is 48.6 Å². The van der Waals surface area contributed by atoms with Gasteiger partial charge in [0.1, 0.15) is 52.9 Å². The van der Waals surface area contributed by atoms with Crippen LogP contribution in [0, 0.1) is 0 Å². The van der Waals surface area contributed by atoms with Gasteiger partial charge in [0.15, 0.2) is 0 Å². The zero-order chi connectivity index (χ0) is 65.7. The van der Waals surface area contributed by atoms with E-state index in [1.807, 2.05) is 55.4 Å². The summed E-state index contributed by atoms with van der Waals surface area (Å²) < 4.78 is 191. The highest BCUT2D eigenvalue weighted by molar-refractivity contribution is 7.03. The summed E-state index contributed by atoms with van der Waals surface area (Å²) in [4.78, 5) is 0. The van der Waals surface area contributed by atoms with Gasteiger partial charge in [-0.25, -0.2) is 0 Å². The highest BCUT2D eigenvalue weighted by atomic mass is 28.6. The second-order valence-corrected chi connectivity index (χ2v) is 45.0. The maximum atomic E-state index is 7.90. The van der Waals surface area contributed by atoms with E-state index in [9.17, 15) is 0 Å². The molecule has 92 heavy (non-hydrogen) atoms. The van der Waals surface area contributed by atoms with Crippen LogP contribution in [0.5, 0.6) is 0 Å². The second-order valence-electron chi connectivity index (χ2n) is 20.3. The van der Waals surface area contributed by atoms with Crippen LogP contribution in [0.4, 0.5) is 0 Å². The molecule has 0 radical (unpaired) electrons. The average molecular weight is 1450 g/mol. The molecule has 0 atom stereocenters. The molecule has 528 valence electrons. The van der Waals surface area contributed by atoms with Gasteiger partial charge < -0.3 is 125 Å². The second kappa shape index (κ2) is 45.7. The largest absolute Gasteiger partial charge is 0.499 e. The van der Waals surface area contributed by atoms with E-state index in [-0.39, 0.29) is 207 Å². The first kappa shape index (κ1) is 79.9. The van der Waals surface area contributed by atoms with Crippen LogP contribution in [0.2, 0.25) is 48.4 Å². The summed E-state index contributed by atoms with van der Waals surface area (Å²) in [7, 11) is -37.1. The Morgan fingerprint density at radius 2 is 0.272 bits per heavy atom. The Hall–Kier alpha value is -2.74. The van der Waals surface area contributed by atoms with Crippen molar-refractivity contribution in [3.8, 4) is 0 Å². The minimum absolute atomic E-state index is 0.0175. The van der Waals surface area contributed by atoms with Crippen molar-refractivity contribution in [1.29, 1.82) is 0 Å². The van der Waals surface area contributed by atoms with E-state index in [0.717, 1.165) is 0 Å². The zero-order valence-electron chi connectivity index (χ0n) is 55.3. The lowest BCUT2D eigenvalue weighted by Gasteiger charge is -2.63. The Morgan fingerprint density at radius 3 is 0.370 bits per heavy atom. The fourth-order valence-electron chi connectivity index (χ4n) is 9.13. The summed E-state index contributed by atoms with van der Waals surface area (Å²) in [5, 5.41) is 0. The summed E-state index contributed by atoms with van der Waals surface area (Å²) >= 11 is 0. The molecule has 0 spiro atoms. The molecular weight excluding hydrogens is 1350 g/mol. The molecule has 0 aromatic heterocycles. The normalized spacial score (nSPS) is 28.8. The maximum Gasteiger partial charge on any atom is 0.481 e. The van der Waals surface area contributed by atoms with Crippen molar-refractivity contribution < 1.29 is 125 Å². The molecule has 36 heteroatoms. The van der Waals surface area contributed by atoms with Gasteiger partial charge in [0.05, 0.1) is 156 Å². The average Bonchev–Trinajstić information content (AvgIpc) is 0.690. The van der Waals surface area contributed by atoms with Gasteiger partial charge >= 0.3 is 70.4 Å². The van der Waals surface area contributed by atoms with Gasteiger partial charge in [-0.3, -0.25) is 0 Å². The van der Waals surface area contributed by atoms with E-state index in [0.29, 0.717) is 0 Å². The molecule has 6 aliphatic heterocycles. The molecule has 0 aromatic carbocycles. The number of allylic oxidation sites excluding steroid dienone is 8. The smallest absolute Gasteiger partial charge is 0.481 e. The summed E-state index contributed by atoms with van der Waals surface area (Å²) in [6, 6.07) is -0.197. The van der Waals surface area contributed by atoms with Crippen molar-refractivity contribution >= 4 is 70.4 Å². The predicted octanol–water partition coefficient (Wildman–Crippen LogP) is 8.30.